The van der Waals surface area contributed by atoms with Gasteiger partial charge in [0.2, 0.25) is 0 Å². The molecule has 0 aliphatic carbocycles. The molecule has 0 saturated heterocycles. The van der Waals surface area contributed by atoms with Crippen LogP contribution in [-0.2, 0) is 6.54 Å². The highest BCUT2D eigenvalue weighted by atomic mass is 19.1. The van der Waals surface area contributed by atoms with Crippen molar-refractivity contribution in [1.29, 1.82) is 5.26 Å². The zero-order valence-corrected chi connectivity index (χ0v) is 18.7. The molecule has 0 atom stereocenters. The molecule has 0 fully saturated rings. The molecule has 2 N–H and O–H groups in total. The lowest BCUT2D eigenvalue weighted by Crippen LogP contribution is -2.23. The van der Waals surface area contributed by atoms with Crippen LogP contribution in [0.15, 0.2) is 81.1 Å². The standard InChI is InChI=1S/C25H21FN7O/c1-16-6-7-17(12-27)10-19(16)13-30-25(34)18-4-3-5-20(11-18)29-15-23-31-32-24(33(23)2)21-8-9-28-14-22(21)26/h3-11,14,29H,13,15H2,1-2H3/p+1. The van der Waals surface area contributed by atoms with Crippen LogP contribution in [-0.4, -0.2) is 36.1 Å². The second-order valence-electron chi connectivity index (χ2n) is 7.72. The normalized spacial score (nSPS) is 16.9. The summed E-state index contributed by atoms with van der Waals surface area (Å²) in [5.41, 5.74) is 4.01. The predicted octanol–water partition coefficient (Wildman–Crippen LogP) is 4.03. The van der Waals surface area contributed by atoms with Gasteiger partial charge in [0, 0.05) is 30.4 Å². The molecule has 0 aromatic heterocycles. The van der Waals surface area contributed by atoms with Gasteiger partial charge in [-0.3, -0.25) is 9.79 Å². The molecule has 2 aromatic rings. The van der Waals surface area contributed by atoms with Crippen molar-refractivity contribution in [3.63, 3.8) is 0 Å². The molecule has 8 nitrogen and oxygen atoms in total. The van der Waals surface area contributed by atoms with E-state index in [-0.39, 0.29) is 5.91 Å². The van der Waals surface area contributed by atoms with Crippen molar-refractivity contribution in [3.05, 3.63) is 94.6 Å². The van der Waals surface area contributed by atoms with Gasteiger partial charge in [0.15, 0.2) is 5.83 Å². The smallest absolute Gasteiger partial charge is 0.312 e. The molecule has 1 radical (unpaired) electrons. The minimum absolute atomic E-state index is 0.223. The van der Waals surface area contributed by atoms with Gasteiger partial charge in [-0.25, -0.2) is 8.97 Å². The molecule has 2 aliphatic rings. The Kier molecular flexibility index (Phi) is 6.69. The van der Waals surface area contributed by atoms with Crippen LogP contribution < -0.4 is 10.6 Å². The second-order valence-corrected chi connectivity index (χ2v) is 7.72. The van der Waals surface area contributed by atoms with Gasteiger partial charge in [0.1, 0.15) is 6.54 Å². The van der Waals surface area contributed by atoms with E-state index in [1.54, 1.807) is 48.4 Å². The van der Waals surface area contributed by atoms with Crippen LogP contribution in [0.4, 0.5) is 10.1 Å². The van der Waals surface area contributed by atoms with Crippen LogP contribution in [0.1, 0.15) is 27.0 Å². The monoisotopic (exact) mass is 455 g/mol. The Morgan fingerprint density at radius 3 is 2.82 bits per heavy atom. The Morgan fingerprint density at radius 1 is 1.18 bits per heavy atom. The van der Waals surface area contributed by atoms with Crippen molar-refractivity contribution in [2.24, 2.45) is 15.2 Å². The molecule has 4 rings (SSSR count). The number of amides is 1. The first-order valence-corrected chi connectivity index (χ1v) is 10.6. The summed E-state index contributed by atoms with van der Waals surface area (Å²) < 4.78 is 15.8. The van der Waals surface area contributed by atoms with Gasteiger partial charge in [-0.2, -0.15) is 5.26 Å². The number of aliphatic imine (C=N–C) groups is 1. The van der Waals surface area contributed by atoms with Gasteiger partial charge in [0.25, 0.3) is 5.91 Å². The molecular formula is C25H22FN7O+. The third kappa shape index (κ3) is 4.96. The first-order chi connectivity index (χ1) is 16.5. The number of nitrogens with one attached hydrogen (secondary N) is 2. The number of nitrogens with zero attached hydrogens (tertiary/aromatic N) is 5. The SMILES string of the molecule is Cc1ccc(C#N)cc1CNC(=O)c1cccc(NCC2=[N+](C)/C(=C3\[CH]C=NC=C3F)N=N2)c1. The average molecular weight is 455 g/mol. The highest BCUT2D eigenvalue weighted by Gasteiger charge is 2.29. The topological polar surface area (TPSA) is 105 Å². The van der Waals surface area contributed by atoms with E-state index in [2.05, 4.69) is 31.9 Å². The van der Waals surface area contributed by atoms with Crippen molar-refractivity contribution in [3.8, 4) is 6.07 Å². The van der Waals surface area contributed by atoms with E-state index >= 15 is 0 Å². The van der Waals surface area contributed by atoms with E-state index in [4.69, 9.17) is 5.26 Å². The van der Waals surface area contributed by atoms with Crippen molar-refractivity contribution < 1.29 is 13.8 Å². The fourth-order valence-electron chi connectivity index (χ4n) is 3.47. The van der Waals surface area contributed by atoms with Crippen LogP contribution >= 0.6 is 0 Å². The number of hydrogen-bond acceptors (Lipinski definition) is 6. The largest absolute Gasteiger partial charge is 0.375 e. The zero-order valence-electron chi connectivity index (χ0n) is 18.7. The van der Waals surface area contributed by atoms with Crippen LogP contribution in [0.2, 0.25) is 0 Å². The number of nitriles is 1. The molecule has 0 bridgehead atoms. The van der Waals surface area contributed by atoms with E-state index < -0.39 is 5.83 Å². The number of anilines is 1. The Bertz CT molecular complexity index is 1350. The maximum Gasteiger partial charge on any atom is 0.312 e. The third-order valence-corrected chi connectivity index (χ3v) is 5.47. The van der Waals surface area contributed by atoms with Crippen molar-refractivity contribution >= 4 is 23.6 Å². The van der Waals surface area contributed by atoms with Gasteiger partial charge < -0.3 is 10.6 Å². The van der Waals surface area contributed by atoms with Gasteiger partial charge in [-0.05, 0) is 48.4 Å². The zero-order chi connectivity index (χ0) is 24.1. The number of rotatable bonds is 6. The summed E-state index contributed by atoms with van der Waals surface area (Å²) in [5, 5.41) is 23.5. The summed E-state index contributed by atoms with van der Waals surface area (Å²) in [5.74, 6) is 0.319. The number of amidine groups is 1. The minimum atomic E-state index is -0.467. The summed E-state index contributed by atoms with van der Waals surface area (Å²) in [6.07, 6.45) is 4.19. The fraction of sp³-hybridized carbons (Fsp3) is 0.160. The average Bonchev–Trinajstić information content (AvgIpc) is 3.22. The molecule has 0 spiro atoms. The van der Waals surface area contributed by atoms with Gasteiger partial charge in [-0.1, -0.05) is 12.1 Å². The number of azo groups is 1. The molecule has 0 unspecified atom stereocenters. The Labute approximate surface area is 196 Å². The molecule has 0 saturated carbocycles. The number of carbonyl (C=O) groups excluding carboxylic acids is 1. The number of aryl methyl sites for hydroxylation is 1. The van der Waals surface area contributed by atoms with Gasteiger partial charge in [0.05, 0.1) is 40.7 Å². The maximum atomic E-state index is 14.1. The lowest BCUT2D eigenvalue weighted by molar-refractivity contribution is -0.441. The quantitative estimate of drug-likeness (QED) is 0.643. The van der Waals surface area contributed by atoms with Crippen LogP contribution in [0.3, 0.4) is 0 Å². The Balaban J connectivity index is 1.41. The number of hydrogen-bond donors (Lipinski definition) is 2. The number of halogens is 1. The van der Waals surface area contributed by atoms with Gasteiger partial charge in [-0.15, -0.1) is 0 Å². The summed E-state index contributed by atoms with van der Waals surface area (Å²) in [4.78, 5) is 16.4. The van der Waals surface area contributed by atoms with Crippen molar-refractivity contribution in [1.82, 2.24) is 5.32 Å². The van der Waals surface area contributed by atoms with E-state index in [0.717, 1.165) is 23.0 Å². The lowest BCUT2D eigenvalue weighted by atomic mass is 10.1. The molecule has 34 heavy (non-hydrogen) atoms. The maximum absolute atomic E-state index is 14.1. The van der Waals surface area contributed by atoms with E-state index in [9.17, 15) is 9.18 Å². The van der Waals surface area contributed by atoms with Crippen LogP contribution in [0, 0.1) is 24.7 Å². The summed E-state index contributed by atoms with van der Waals surface area (Å²) in [7, 11) is 1.76. The molecule has 2 heterocycles. The summed E-state index contributed by atoms with van der Waals surface area (Å²) in [6.45, 7) is 2.60. The molecule has 9 heteroatoms. The summed E-state index contributed by atoms with van der Waals surface area (Å²) >= 11 is 0. The highest BCUT2D eigenvalue weighted by Crippen LogP contribution is 2.25. The molecular weight excluding hydrogens is 433 g/mol. The first-order valence-electron chi connectivity index (χ1n) is 10.6. The molecule has 2 aliphatic heterocycles. The number of allylic oxidation sites excluding steroid dienone is 2. The Morgan fingerprint density at radius 2 is 2.03 bits per heavy atom. The Hall–Kier alpha value is -4.45. The number of benzene rings is 2. The third-order valence-electron chi connectivity index (χ3n) is 5.47. The lowest BCUT2D eigenvalue weighted by Gasteiger charge is -2.10. The first kappa shape index (κ1) is 22.7. The van der Waals surface area contributed by atoms with E-state index in [1.165, 1.54) is 6.21 Å². The van der Waals surface area contributed by atoms with Gasteiger partial charge >= 0.3 is 11.7 Å². The second kappa shape index (κ2) is 10.0. The van der Waals surface area contributed by atoms with E-state index in [1.807, 2.05) is 19.1 Å². The number of carbonyl (C=O) groups is 1. The predicted molar refractivity (Wildman–Crippen MR) is 127 cm³/mol. The van der Waals surface area contributed by atoms with Crippen LogP contribution in [0.5, 0.6) is 0 Å². The minimum Gasteiger partial charge on any atom is -0.375 e. The highest BCUT2D eigenvalue weighted by molar-refractivity contribution is 5.95. The molecule has 2 aromatic carbocycles. The summed E-state index contributed by atoms with van der Waals surface area (Å²) in [6, 6.07) is 14.6. The fourth-order valence-corrected chi connectivity index (χ4v) is 3.47. The van der Waals surface area contributed by atoms with Crippen LogP contribution in [0.25, 0.3) is 0 Å². The van der Waals surface area contributed by atoms with E-state index in [0.29, 0.717) is 41.4 Å². The molecule has 1 amide bonds. The van der Waals surface area contributed by atoms with Crippen molar-refractivity contribution in [2.75, 3.05) is 18.9 Å². The van der Waals surface area contributed by atoms with Crippen molar-refractivity contribution in [2.45, 2.75) is 13.5 Å². The molecule has 169 valence electrons.